The van der Waals surface area contributed by atoms with Crippen molar-refractivity contribution < 1.29 is 0 Å². The minimum absolute atomic E-state index is 0.571. The molecule has 96 valence electrons. The Kier molecular flexibility index (Phi) is 7.02. The lowest BCUT2D eigenvalue weighted by atomic mass is 10.1. The number of halogens is 1. The summed E-state index contributed by atoms with van der Waals surface area (Å²) in [5.41, 5.74) is 0. The predicted octanol–water partition coefficient (Wildman–Crippen LogP) is 4.46. The molecule has 0 spiro atoms. The van der Waals surface area contributed by atoms with Gasteiger partial charge >= 0.3 is 0 Å². The van der Waals surface area contributed by atoms with Crippen LogP contribution in [0.1, 0.15) is 27.2 Å². The molecule has 17 heavy (non-hydrogen) atoms. The Morgan fingerprint density at radius 2 is 2.00 bits per heavy atom. The summed E-state index contributed by atoms with van der Waals surface area (Å²) in [5, 5.41) is 4.40. The van der Waals surface area contributed by atoms with E-state index in [1.165, 1.54) is 11.3 Å². The molecule has 1 N–H and O–H groups in total. The van der Waals surface area contributed by atoms with Gasteiger partial charge in [-0.15, -0.1) is 11.8 Å². The van der Waals surface area contributed by atoms with E-state index < -0.39 is 0 Å². The van der Waals surface area contributed by atoms with Gasteiger partial charge in [0.2, 0.25) is 0 Å². The zero-order valence-electron chi connectivity index (χ0n) is 10.9. The van der Waals surface area contributed by atoms with E-state index in [4.69, 9.17) is 11.6 Å². The fourth-order valence-corrected chi connectivity index (χ4v) is 3.13. The molecule has 0 fully saturated rings. The van der Waals surface area contributed by atoms with Crippen LogP contribution in [-0.4, -0.2) is 18.3 Å². The van der Waals surface area contributed by atoms with Crippen LogP contribution >= 0.6 is 23.4 Å². The smallest absolute Gasteiger partial charge is 0.0541 e. The van der Waals surface area contributed by atoms with Crippen molar-refractivity contribution in [1.82, 2.24) is 5.32 Å². The Morgan fingerprint density at radius 1 is 1.29 bits per heavy atom. The van der Waals surface area contributed by atoms with Crippen LogP contribution in [0, 0.1) is 5.92 Å². The first-order valence-electron chi connectivity index (χ1n) is 6.24. The molecule has 1 aromatic carbocycles. The number of benzene rings is 1. The molecule has 3 heteroatoms. The van der Waals surface area contributed by atoms with Crippen molar-refractivity contribution >= 4 is 23.4 Å². The normalized spacial score (nSPS) is 13.0. The Balaban J connectivity index is 2.48. The van der Waals surface area contributed by atoms with E-state index in [2.05, 4.69) is 32.2 Å². The SMILES string of the molecule is CCNC(CSc1ccccc1Cl)CC(C)C. The van der Waals surface area contributed by atoms with Crippen molar-refractivity contribution in [2.45, 2.75) is 38.1 Å². The molecule has 0 saturated carbocycles. The number of hydrogen-bond donors (Lipinski definition) is 1. The highest BCUT2D eigenvalue weighted by atomic mass is 35.5. The van der Waals surface area contributed by atoms with Gasteiger partial charge in [0, 0.05) is 16.7 Å². The highest BCUT2D eigenvalue weighted by Crippen LogP contribution is 2.27. The summed E-state index contributed by atoms with van der Waals surface area (Å²) in [6.07, 6.45) is 1.21. The third kappa shape index (κ3) is 5.80. The molecule has 0 radical (unpaired) electrons. The van der Waals surface area contributed by atoms with Gasteiger partial charge in [-0.1, -0.05) is 44.5 Å². The van der Waals surface area contributed by atoms with Crippen LogP contribution in [-0.2, 0) is 0 Å². The van der Waals surface area contributed by atoms with Gasteiger partial charge in [0.1, 0.15) is 0 Å². The maximum Gasteiger partial charge on any atom is 0.0541 e. The van der Waals surface area contributed by atoms with Crippen LogP contribution in [0.5, 0.6) is 0 Å². The third-order valence-corrected chi connectivity index (χ3v) is 4.20. The van der Waals surface area contributed by atoms with Crippen molar-refractivity contribution in [3.8, 4) is 0 Å². The Hall–Kier alpha value is -0.180. The van der Waals surface area contributed by atoms with Gasteiger partial charge in [-0.05, 0) is 31.0 Å². The van der Waals surface area contributed by atoms with Gasteiger partial charge in [0.15, 0.2) is 0 Å². The second-order valence-corrected chi connectivity index (χ2v) is 6.09. The maximum atomic E-state index is 6.15. The number of thioether (sulfide) groups is 1. The van der Waals surface area contributed by atoms with E-state index in [9.17, 15) is 0 Å². The minimum Gasteiger partial charge on any atom is -0.313 e. The highest BCUT2D eigenvalue weighted by Gasteiger charge is 2.11. The monoisotopic (exact) mass is 271 g/mol. The molecule has 0 aromatic heterocycles. The third-order valence-electron chi connectivity index (χ3n) is 2.53. The second kappa shape index (κ2) is 8.02. The van der Waals surface area contributed by atoms with Gasteiger partial charge in [-0.25, -0.2) is 0 Å². The summed E-state index contributed by atoms with van der Waals surface area (Å²) in [6.45, 7) is 7.73. The number of rotatable bonds is 7. The van der Waals surface area contributed by atoms with Crippen molar-refractivity contribution in [2.24, 2.45) is 5.92 Å². The van der Waals surface area contributed by atoms with Crippen molar-refractivity contribution in [3.63, 3.8) is 0 Å². The van der Waals surface area contributed by atoms with Crippen molar-refractivity contribution in [1.29, 1.82) is 0 Å². The topological polar surface area (TPSA) is 12.0 Å². The molecule has 1 unspecified atom stereocenters. The molecule has 0 heterocycles. The van der Waals surface area contributed by atoms with Gasteiger partial charge < -0.3 is 5.32 Å². The van der Waals surface area contributed by atoms with Gasteiger partial charge in [-0.3, -0.25) is 0 Å². The maximum absolute atomic E-state index is 6.15. The molecule has 0 aliphatic rings. The van der Waals surface area contributed by atoms with E-state index in [0.29, 0.717) is 6.04 Å². The average molecular weight is 272 g/mol. The molecule has 0 amide bonds. The average Bonchev–Trinajstić information content (AvgIpc) is 2.27. The lowest BCUT2D eigenvalue weighted by molar-refractivity contribution is 0.456. The Bertz CT molecular complexity index is 328. The van der Waals surface area contributed by atoms with Crippen LogP contribution in [0.2, 0.25) is 5.02 Å². The molecular formula is C14H22ClNS. The van der Waals surface area contributed by atoms with Crippen LogP contribution in [0.15, 0.2) is 29.2 Å². The molecule has 1 aromatic rings. The number of nitrogens with one attached hydrogen (secondary N) is 1. The zero-order chi connectivity index (χ0) is 12.7. The Morgan fingerprint density at radius 3 is 2.59 bits per heavy atom. The van der Waals surface area contributed by atoms with Crippen LogP contribution < -0.4 is 5.32 Å². The van der Waals surface area contributed by atoms with Crippen molar-refractivity contribution in [2.75, 3.05) is 12.3 Å². The molecule has 0 aliphatic carbocycles. The summed E-state index contributed by atoms with van der Waals surface area (Å²) in [6, 6.07) is 8.63. The van der Waals surface area contributed by atoms with E-state index in [1.54, 1.807) is 0 Å². The molecule has 1 rings (SSSR count). The van der Waals surface area contributed by atoms with E-state index >= 15 is 0 Å². The largest absolute Gasteiger partial charge is 0.313 e. The molecule has 1 nitrogen and oxygen atoms in total. The van der Waals surface area contributed by atoms with Gasteiger partial charge in [0.05, 0.1) is 5.02 Å². The van der Waals surface area contributed by atoms with Gasteiger partial charge in [-0.2, -0.15) is 0 Å². The van der Waals surface area contributed by atoms with E-state index in [1.807, 2.05) is 30.0 Å². The lowest BCUT2D eigenvalue weighted by Gasteiger charge is -2.19. The molecule has 0 aliphatic heterocycles. The number of hydrogen-bond acceptors (Lipinski definition) is 2. The molecular weight excluding hydrogens is 250 g/mol. The minimum atomic E-state index is 0.571. The first-order chi connectivity index (χ1) is 8.13. The molecule has 0 bridgehead atoms. The summed E-state index contributed by atoms with van der Waals surface area (Å²) in [4.78, 5) is 1.18. The fourth-order valence-electron chi connectivity index (χ4n) is 1.82. The van der Waals surface area contributed by atoms with E-state index in [-0.39, 0.29) is 0 Å². The summed E-state index contributed by atoms with van der Waals surface area (Å²) >= 11 is 7.99. The van der Waals surface area contributed by atoms with Crippen LogP contribution in [0.4, 0.5) is 0 Å². The van der Waals surface area contributed by atoms with Crippen molar-refractivity contribution in [3.05, 3.63) is 29.3 Å². The summed E-state index contributed by atoms with van der Waals surface area (Å²) < 4.78 is 0. The lowest BCUT2D eigenvalue weighted by Crippen LogP contribution is -2.32. The standard InChI is InChI=1S/C14H22ClNS/c1-4-16-12(9-11(2)3)10-17-14-8-6-5-7-13(14)15/h5-8,11-12,16H,4,9-10H2,1-3H3. The predicted molar refractivity (Wildman–Crippen MR) is 79.1 cm³/mol. The first-order valence-corrected chi connectivity index (χ1v) is 7.60. The molecule has 1 atom stereocenters. The zero-order valence-corrected chi connectivity index (χ0v) is 12.4. The van der Waals surface area contributed by atoms with Crippen LogP contribution in [0.25, 0.3) is 0 Å². The van der Waals surface area contributed by atoms with Gasteiger partial charge in [0.25, 0.3) is 0 Å². The van der Waals surface area contributed by atoms with E-state index in [0.717, 1.165) is 23.2 Å². The molecule has 0 saturated heterocycles. The quantitative estimate of drug-likeness (QED) is 0.735. The first kappa shape index (κ1) is 14.9. The second-order valence-electron chi connectivity index (χ2n) is 4.63. The van der Waals surface area contributed by atoms with Crippen LogP contribution in [0.3, 0.4) is 0 Å². The Labute approximate surface area is 114 Å². The summed E-state index contributed by atoms with van der Waals surface area (Å²) in [5.74, 6) is 1.81. The summed E-state index contributed by atoms with van der Waals surface area (Å²) in [7, 11) is 0. The fraction of sp³-hybridized carbons (Fsp3) is 0.571. The highest BCUT2D eigenvalue weighted by molar-refractivity contribution is 7.99.